The van der Waals surface area contributed by atoms with E-state index in [2.05, 4.69) is 0 Å². The molecular weight excluding hydrogens is 236 g/mol. The van der Waals surface area contributed by atoms with Crippen molar-refractivity contribution >= 4 is 17.7 Å². The summed E-state index contributed by atoms with van der Waals surface area (Å²) in [6.07, 6.45) is -1.99. The summed E-state index contributed by atoms with van der Waals surface area (Å²) in [5.74, 6) is -0.728. The van der Waals surface area contributed by atoms with Crippen LogP contribution in [0.2, 0.25) is 0 Å². The molecule has 1 aromatic rings. The Hall–Kier alpha value is -2.17. The molecule has 0 unspecified atom stereocenters. The molecule has 94 valence electrons. The van der Waals surface area contributed by atoms with Gasteiger partial charge in [-0.15, -0.1) is 0 Å². The van der Waals surface area contributed by atoms with Gasteiger partial charge in [-0.25, -0.2) is 4.79 Å². The normalized spacial score (nSPS) is 15.8. The monoisotopic (exact) mass is 248 g/mol. The lowest BCUT2D eigenvalue weighted by Crippen LogP contribution is -2.28. The van der Waals surface area contributed by atoms with Gasteiger partial charge in [0.25, 0.3) is 0 Å². The molecule has 0 aliphatic heterocycles. The molecule has 0 bridgehead atoms. The van der Waals surface area contributed by atoms with Crippen LogP contribution >= 0.6 is 0 Å². The number of Topliss-reactive ketones (excluding diaryl/α,β-unsaturated/α-hetero) is 2. The summed E-state index contributed by atoms with van der Waals surface area (Å²) in [6, 6.07) is 9.05. The molecule has 0 saturated heterocycles. The molecule has 1 aliphatic carbocycles. The number of hydrogen-bond acceptors (Lipinski definition) is 5. The van der Waals surface area contributed by atoms with E-state index < -0.39 is 12.3 Å². The third kappa shape index (κ3) is 2.94. The Morgan fingerprint density at radius 1 is 1.11 bits per heavy atom. The first-order chi connectivity index (χ1) is 8.66. The van der Waals surface area contributed by atoms with E-state index in [0.717, 1.165) is 5.56 Å². The summed E-state index contributed by atoms with van der Waals surface area (Å²) in [7, 11) is 0. The van der Waals surface area contributed by atoms with Crippen LogP contribution in [0.15, 0.2) is 30.3 Å². The first kappa shape index (κ1) is 12.3. The van der Waals surface area contributed by atoms with Gasteiger partial charge in [0, 0.05) is 12.8 Å². The second-order valence-corrected chi connectivity index (χ2v) is 3.95. The van der Waals surface area contributed by atoms with Crippen molar-refractivity contribution in [3.63, 3.8) is 0 Å². The largest absolute Gasteiger partial charge is 0.509 e. The first-order valence-corrected chi connectivity index (χ1v) is 5.59. The van der Waals surface area contributed by atoms with Crippen molar-refractivity contribution in [1.82, 2.24) is 0 Å². The molecule has 0 N–H and O–H groups in total. The van der Waals surface area contributed by atoms with Crippen LogP contribution in [0.4, 0.5) is 4.79 Å². The molecule has 1 saturated carbocycles. The summed E-state index contributed by atoms with van der Waals surface area (Å²) in [6.45, 7) is 0.0504. The minimum absolute atomic E-state index is 0.0504. The van der Waals surface area contributed by atoms with Crippen molar-refractivity contribution in [2.45, 2.75) is 25.6 Å². The quantitative estimate of drug-likeness (QED) is 0.600. The number of benzene rings is 1. The average molecular weight is 248 g/mol. The second kappa shape index (κ2) is 5.44. The van der Waals surface area contributed by atoms with Gasteiger partial charge in [-0.1, -0.05) is 30.3 Å². The zero-order chi connectivity index (χ0) is 13.0. The highest BCUT2D eigenvalue weighted by atomic mass is 16.7. The van der Waals surface area contributed by atoms with Gasteiger partial charge in [-0.3, -0.25) is 9.59 Å². The third-order valence-corrected chi connectivity index (χ3v) is 2.62. The molecule has 0 amide bonds. The van der Waals surface area contributed by atoms with Gasteiger partial charge in [0.2, 0.25) is 6.10 Å². The molecule has 0 heterocycles. The summed E-state index contributed by atoms with van der Waals surface area (Å²) >= 11 is 0. The Balaban J connectivity index is 1.82. The zero-order valence-corrected chi connectivity index (χ0v) is 9.63. The third-order valence-electron chi connectivity index (χ3n) is 2.62. The summed E-state index contributed by atoms with van der Waals surface area (Å²) in [5.41, 5.74) is 0.804. The maximum atomic E-state index is 11.3. The number of carbonyl (C=O) groups excluding carboxylic acids is 3. The SMILES string of the molecule is O=C(OCc1ccccc1)OC1C(=O)CCC1=O. The lowest BCUT2D eigenvalue weighted by Gasteiger charge is -2.09. The molecule has 0 atom stereocenters. The Kier molecular flexibility index (Phi) is 3.72. The van der Waals surface area contributed by atoms with Gasteiger partial charge in [0.15, 0.2) is 11.6 Å². The highest BCUT2D eigenvalue weighted by Crippen LogP contribution is 2.15. The Bertz CT molecular complexity index is 450. The van der Waals surface area contributed by atoms with E-state index in [1.54, 1.807) is 12.1 Å². The fraction of sp³-hybridized carbons (Fsp3) is 0.308. The van der Waals surface area contributed by atoms with Crippen LogP contribution in [0.5, 0.6) is 0 Å². The smallest absolute Gasteiger partial charge is 0.429 e. The summed E-state index contributed by atoms with van der Waals surface area (Å²) in [4.78, 5) is 33.8. The highest BCUT2D eigenvalue weighted by Gasteiger charge is 2.36. The Morgan fingerprint density at radius 3 is 2.33 bits per heavy atom. The molecule has 1 fully saturated rings. The summed E-state index contributed by atoms with van der Waals surface area (Å²) < 4.78 is 9.52. The minimum Gasteiger partial charge on any atom is -0.429 e. The van der Waals surface area contributed by atoms with Crippen LogP contribution in [-0.4, -0.2) is 23.8 Å². The first-order valence-electron chi connectivity index (χ1n) is 5.59. The van der Waals surface area contributed by atoms with Gasteiger partial charge < -0.3 is 9.47 Å². The lowest BCUT2D eigenvalue weighted by atomic mass is 10.2. The molecule has 1 aliphatic rings. The fourth-order valence-electron chi connectivity index (χ4n) is 1.67. The van der Waals surface area contributed by atoms with Gasteiger partial charge in [0.05, 0.1) is 0 Å². The van der Waals surface area contributed by atoms with Gasteiger partial charge >= 0.3 is 6.16 Å². The Morgan fingerprint density at radius 2 is 1.72 bits per heavy atom. The van der Waals surface area contributed by atoms with E-state index in [1.165, 1.54) is 0 Å². The number of ketones is 2. The predicted molar refractivity (Wildman–Crippen MR) is 60.7 cm³/mol. The van der Waals surface area contributed by atoms with Gasteiger partial charge in [-0.05, 0) is 5.56 Å². The van der Waals surface area contributed by atoms with Gasteiger partial charge in [-0.2, -0.15) is 0 Å². The number of rotatable bonds is 3. The average Bonchev–Trinajstić information content (AvgIpc) is 2.69. The Labute approximate surface area is 104 Å². The molecule has 5 nitrogen and oxygen atoms in total. The minimum atomic E-state index is -1.27. The van der Waals surface area contributed by atoms with E-state index in [0.29, 0.717) is 0 Å². The van der Waals surface area contributed by atoms with Crippen LogP contribution in [-0.2, 0) is 25.7 Å². The number of ether oxygens (including phenoxy) is 2. The van der Waals surface area contributed by atoms with E-state index in [1.807, 2.05) is 18.2 Å². The highest BCUT2D eigenvalue weighted by molar-refractivity contribution is 6.12. The topological polar surface area (TPSA) is 69.7 Å². The van der Waals surface area contributed by atoms with E-state index in [9.17, 15) is 14.4 Å². The van der Waals surface area contributed by atoms with Crippen molar-refractivity contribution in [3.8, 4) is 0 Å². The van der Waals surface area contributed by atoms with Gasteiger partial charge in [0.1, 0.15) is 6.61 Å². The van der Waals surface area contributed by atoms with E-state index in [4.69, 9.17) is 9.47 Å². The second-order valence-electron chi connectivity index (χ2n) is 3.95. The van der Waals surface area contributed by atoms with Crippen molar-refractivity contribution in [1.29, 1.82) is 0 Å². The van der Waals surface area contributed by atoms with Crippen molar-refractivity contribution in [3.05, 3.63) is 35.9 Å². The van der Waals surface area contributed by atoms with Crippen LogP contribution < -0.4 is 0 Å². The fourth-order valence-corrected chi connectivity index (χ4v) is 1.67. The summed E-state index contributed by atoms with van der Waals surface area (Å²) in [5, 5.41) is 0. The van der Waals surface area contributed by atoms with E-state index >= 15 is 0 Å². The number of hydrogen-bond donors (Lipinski definition) is 0. The molecule has 0 spiro atoms. The maximum absolute atomic E-state index is 11.3. The zero-order valence-electron chi connectivity index (χ0n) is 9.63. The lowest BCUT2D eigenvalue weighted by molar-refractivity contribution is -0.134. The molecule has 0 aromatic heterocycles. The molecule has 18 heavy (non-hydrogen) atoms. The molecule has 0 radical (unpaired) electrons. The predicted octanol–water partition coefficient (Wildman–Crippen LogP) is 1.64. The van der Waals surface area contributed by atoms with E-state index in [-0.39, 0.29) is 31.0 Å². The van der Waals surface area contributed by atoms with Crippen LogP contribution in [0.25, 0.3) is 0 Å². The maximum Gasteiger partial charge on any atom is 0.509 e. The van der Waals surface area contributed by atoms with Crippen LogP contribution in [0, 0.1) is 0 Å². The molecule has 2 rings (SSSR count). The number of carbonyl (C=O) groups is 3. The van der Waals surface area contributed by atoms with Crippen LogP contribution in [0.3, 0.4) is 0 Å². The molecular formula is C13H12O5. The molecule has 1 aromatic carbocycles. The van der Waals surface area contributed by atoms with Crippen molar-refractivity contribution < 1.29 is 23.9 Å². The standard InChI is InChI=1S/C13H12O5/c14-10-6-7-11(15)12(10)18-13(16)17-8-9-4-2-1-3-5-9/h1-5,12H,6-8H2. The molecule has 5 heteroatoms. The van der Waals surface area contributed by atoms with Crippen LogP contribution in [0.1, 0.15) is 18.4 Å². The van der Waals surface area contributed by atoms with Crippen molar-refractivity contribution in [2.24, 2.45) is 0 Å². The van der Waals surface area contributed by atoms with Crippen molar-refractivity contribution in [2.75, 3.05) is 0 Å².